The first-order valence-electron chi connectivity index (χ1n) is 11.6. The highest BCUT2D eigenvalue weighted by Gasteiger charge is 2.31. The maximum atomic E-state index is 13.0. The molecular weight excluding hydrogens is 456 g/mol. The summed E-state index contributed by atoms with van der Waals surface area (Å²) in [6.45, 7) is 4.61. The van der Waals surface area contributed by atoms with Crippen molar-refractivity contribution in [3.05, 3.63) is 34.3 Å². The number of hydrogen-bond donors (Lipinski definition) is 2. The van der Waals surface area contributed by atoms with Crippen molar-refractivity contribution in [2.45, 2.75) is 25.7 Å². The van der Waals surface area contributed by atoms with E-state index in [1.807, 2.05) is 0 Å². The third-order valence-corrected chi connectivity index (χ3v) is 7.07. The van der Waals surface area contributed by atoms with E-state index < -0.39 is 5.91 Å². The van der Waals surface area contributed by atoms with E-state index in [1.54, 1.807) is 36.3 Å². The zero-order chi connectivity index (χ0) is 23.9. The van der Waals surface area contributed by atoms with Crippen LogP contribution in [0.25, 0.3) is 0 Å². The topological polar surface area (TPSA) is 117 Å². The summed E-state index contributed by atoms with van der Waals surface area (Å²) in [6.07, 6.45) is 3.96. The molecule has 34 heavy (non-hydrogen) atoms. The molecule has 0 aliphatic carbocycles. The third kappa shape index (κ3) is 6.09. The first kappa shape index (κ1) is 24.1. The minimum Gasteiger partial charge on any atom is -0.497 e. The van der Waals surface area contributed by atoms with E-state index in [2.05, 4.69) is 25.7 Å². The van der Waals surface area contributed by atoms with Gasteiger partial charge in [0.05, 0.1) is 13.0 Å². The Labute approximate surface area is 202 Å². The highest BCUT2D eigenvalue weighted by Crippen LogP contribution is 2.21. The zero-order valence-electron chi connectivity index (χ0n) is 19.3. The number of rotatable bonds is 8. The monoisotopic (exact) mass is 486 g/mol. The second kappa shape index (κ2) is 11.4. The molecule has 11 heteroatoms. The van der Waals surface area contributed by atoms with Crippen molar-refractivity contribution >= 4 is 34.7 Å². The fourth-order valence-electron chi connectivity index (χ4n) is 4.26. The van der Waals surface area contributed by atoms with Crippen molar-refractivity contribution in [3.63, 3.8) is 0 Å². The van der Waals surface area contributed by atoms with Crippen molar-refractivity contribution in [1.82, 2.24) is 25.3 Å². The van der Waals surface area contributed by atoms with Crippen LogP contribution in [0.3, 0.4) is 0 Å². The van der Waals surface area contributed by atoms with Gasteiger partial charge in [0.15, 0.2) is 0 Å². The minimum atomic E-state index is -0.435. The molecule has 2 N–H and O–H groups in total. The van der Waals surface area contributed by atoms with Crippen LogP contribution in [0, 0.1) is 5.92 Å². The second-order valence-electron chi connectivity index (χ2n) is 8.53. The first-order valence-corrected chi connectivity index (χ1v) is 12.4. The van der Waals surface area contributed by atoms with Crippen LogP contribution in [0.1, 0.15) is 45.3 Å². The number of nitrogens with zero attached hydrogens (tertiary/aromatic N) is 4. The second-order valence-corrected chi connectivity index (χ2v) is 9.50. The zero-order valence-corrected chi connectivity index (χ0v) is 20.1. The quantitative estimate of drug-likeness (QED) is 0.585. The van der Waals surface area contributed by atoms with Crippen molar-refractivity contribution in [2.75, 3.05) is 51.7 Å². The third-order valence-electron chi connectivity index (χ3n) is 6.16. The normalized spacial score (nSPS) is 18.5. The largest absolute Gasteiger partial charge is 0.497 e. The van der Waals surface area contributed by atoms with Crippen molar-refractivity contribution in [2.24, 2.45) is 5.92 Å². The van der Waals surface area contributed by atoms with Gasteiger partial charge in [0.2, 0.25) is 15.9 Å². The van der Waals surface area contributed by atoms with E-state index in [4.69, 9.17) is 4.74 Å². The number of aromatic nitrogens is 2. The highest BCUT2D eigenvalue weighted by atomic mass is 32.1. The van der Waals surface area contributed by atoms with E-state index in [-0.39, 0.29) is 27.7 Å². The van der Waals surface area contributed by atoms with Gasteiger partial charge < -0.3 is 25.2 Å². The van der Waals surface area contributed by atoms with Gasteiger partial charge >= 0.3 is 0 Å². The number of anilines is 1. The Hall–Kier alpha value is -3.05. The van der Waals surface area contributed by atoms with Gasteiger partial charge in [-0.05, 0) is 63.0 Å². The number of benzene rings is 1. The molecule has 3 heterocycles. The molecule has 1 atom stereocenters. The summed E-state index contributed by atoms with van der Waals surface area (Å²) >= 11 is 0.951. The van der Waals surface area contributed by atoms with Crippen LogP contribution in [0.5, 0.6) is 5.75 Å². The predicted octanol–water partition coefficient (Wildman–Crippen LogP) is 1.86. The standard InChI is InChI=1S/C23H30N6O4S/c1-33-18-8-6-17(7-9-18)25-20(31)21-26-27-22(34-21)23(32)29-13-4-5-16(15-29)19(30)24-10-14-28-11-2-3-12-28/h6-9,16H,2-5,10-15H2,1H3,(H,24,30)(H,25,31). The molecule has 2 fully saturated rings. The molecule has 0 spiro atoms. The van der Waals surface area contributed by atoms with Gasteiger partial charge in [0, 0.05) is 31.9 Å². The average Bonchev–Trinajstić information content (AvgIpc) is 3.57. The summed E-state index contributed by atoms with van der Waals surface area (Å²) in [4.78, 5) is 42.1. The number of carbonyl (C=O) groups excluding carboxylic acids is 3. The minimum absolute atomic E-state index is 0.00600. The van der Waals surface area contributed by atoms with Gasteiger partial charge in [0.25, 0.3) is 11.8 Å². The molecule has 1 aromatic heterocycles. The van der Waals surface area contributed by atoms with Crippen molar-refractivity contribution < 1.29 is 19.1 Å². The fourth-order valence-corrected chi connectivity index (χ4v) is 4.97. The van der Waals surface area contributed by atoms with Gasteiger partial charge in [-0.3, -0.25) is 14.4 Å². The van der Waals surface area contributed by atoms with Crippen LogP contribution < -0.4 is 15.4 Å². The molecule has 2 aliphatic rings. The van der Waals surface area contributed by atoms with Crippen molar-refractivity contribution in [3.8, 4) is 5.75 Å². The highest BCUT2D eigenvalue weighted by molar-refractivity contribution is 7.15. The maximum absolute atomic E-state index is 13.0. The molecule has 10 nitrogen and oxygen atoms in total. The lowest BCUT2D eigenvalue weighted by atomic mass is 9.97. The van der Waals surface area contributed by atoms with Crippen molar-refractivity contribution in [1.29, 1.82) is 0 Å². The SMILES string of the molecule is COc1ccc(NC(=O)c2nnc(C(=O)N3CCCC(C(=O)NCCN4CCCC4)C3)s2)cc1. The van der Waals surface area contributed by atoms with E-state index in [0.29, 0.717) is 31.1 Å². The molecule has 2 aliphatic heterocycles. The molecule has 0 bridgehead atoms. The molecule has 3 amide bonds. The number of likely N-dealkylation sites (tertiary alicyclic amines) is 2. The Morgan fingerprint density at radius 1 is 1.06 bits per heavy atom. The number of nitrogens with one attached hydrogen (secondary N) is 2. The summed E-state index contributed by atoms with van der Waals surface area (Å²) in [5.74, 6) is -0.288. The predicted molar refractivity (Wildman–Crippen MR) is 128 cm³/mol. The molecule has 1 unspecified atom stereocenters. The first-order chi connectivity index (χ1) is 16.5. The Kier molecular flexibility index (Phi) is 8.07. The smallest absolute Gasteiger partial charge is 0.286 e. The van der Waals surface area contributed by atoms with E-state index in [9.17, 15) is 14.4 Å². The number of piperidine rings is 1. The summed E-state index contributed by atoms with van der Waals surface area (Å²) in [5, 5.41) is 13.8. The average molecular weight is 487 g/mol. The summed E-state index contributed by atoms with van der Waals surface area (Å²) in [6, 6.07) is 6.90. The molecule has 182 valence electrons. The van der Waals surface area contributed by atoms with Crippen LogP contribution in [0.4, 0.5) is 5.69 Å². The van der Waals surface area contributed by atoms with E-state index >= 15 is 0 Å². The van der Waals surface area contributed by atoms with Gasteiger partial charge in [-0.1, -0.05) is 11.3 Å². The summed E-state index contributed by atoms with van der Waals surface area (Å²) < 4.78 is 5.11. The number of hydrogen-bond acceptors (Lipinski definition) is 8. The van der Waals surface area contributed by atoms with Crippen LogP contribution in [-0.4, -0.2) is 84.1 Å². The lowest BCUT2D eigenvalue weighted by molar-refractivity contribution is -0.126. The number of amides is 3. The Morgan fingerprint density at radius 2 is 1.79 bits per heavy atom. The maximum Gasteiger partial charge on any atom is 0.286 e. The summed E-state index contributed by atoms with van der Waals surface area (Å²) in [5.41, 5.74) is 0.587. The summed E-state index contributed by atoms with van der Waals surface area (Å²) in [7, 11) is 1.57. The molecule has 0 radical (unpaired) electrons. The van der Waals surface area contributed by atoms with Crippen LogP contribution in [-0.2, 0) is 4.79 Å². The Bertz CT molecular complexity index is 1010. The molecular formula is C23H30N6O4S. The number of methoxy groups -OCH3 is 1. The fraction of sp³-hybridized carbons (Fsp3) is 0.522. The van der Waals surface area contributed by atoms with Gasteiger partial charge in [0.1, 0.15) is 5.75 Å². The van der Waals surface area contributed by atoms with E-state index in [1.165, 1.54) is 12.8 Å². The Balaban J connectivity index is 1.28. The lowest BCUT2D eigenvalue weighted by Crippen LogP contribution is -2.46. The number of ether oxygens (including phenoxy) is 1. The van der Waals surface area contributed by atoms with Crippen LogP contribution in [0.15, 0.2) is 24.3 Å². The van der Waals surface area contributed by atoms with Gasteiger partial charge in [-0.25, -0.2) is 0 Å². The Morgan fingerprint density at radius 3 is 2.53 bits per heavy atom. The molecule has 4 rings (SSSR count). The molecule has 2 saturated heterocycles. The molecule has 0 saturated carbocycles. The number of carbonyl (C=O) groups is 3. The van der Waals surface area contributed by atoms with Gasteiger partial charge in [-0.15, -0.1) is 10.2 Å². The van der Waals surface area contributed by atoms with E-state index in [0.717, 1.165) is 43.8 Å². The van der Waals surface area contributed by atoms with Crippen LogP contribution >= 0.6 is 11.3 Å². The van der Waals surface area contributed by atoms with Crippen LogP contribution in [0.2, 0.25) is 0 Å². The van der Waals surface area contributed by atoms with Gasteiger partial charge in [-0.2, -0.15) is 0 Å². The molecule has 1 aromatic carbocycles. The molecule has 2 aromatic rings. The lowest BCUT2D eigenvalue weighted by Gasteiger charge is -2.31.